The second kappa shape index (κ2) is 12.1. The smallest absolute Gasteiger partial charge is 0.262 e. The molecule has 1 unspecified atom stereocenters. The molecule has 0 radical (unpaired) electrons. The molecule has 0 spiro atoms. The van der Waals surface area contributed by atoms with E-state index in [1.54, 1.807) is 17.8 Å². The average molecular weight is 589 g/mol. The van der Waals surface area contributed by atoms with Crippen molar-refractivity contribution in [2.24, 2.45) is 5.92 Å². The van der Waals surface area contributed by atoms with Gasteiger partial charge in [0.25, 0.3) is 5.91 Å². The molecule has 3 aromatic carbocycles. The summed E-state index contributed by atoms with van der Waals surface area (Å²) in [6, 6.07) is 25.8. The van der Waals surface area contributed by atoms with E-state index >= 15 is 0 Å². The van der Waals surface area contributed by atoms with E-state index in [2.05, 4.69) is 39.1 Å². The number of halogens is 1. The Labute approximate surface area is 237 Å². The highest BCUT2D eigenvalue weighted by atomic mass is 79.9. The maximum absolute atomic E-state index is 13.8. The molecular weight excluding hydrogens is 558 g/mol. The molecule has 0 aromatic heterocycles. The molecule has 3 aromatic rings. The van der Waals surface area contributed by atoms with Crippen LogP contribution in [-0.2, 0) is 11.4 Å². The molecule has 1 N–H and O–H groups in total. The number of carbonyl (C=O) groups is 1. The van der Waals surface area contributed by atoms with E-state index in [-0.39, 0.29) is 17.4 Å². The number of rotatable bonds is 7. The van der Waals surface area contributed by atoms with Crippen LogP contribution in [0.25, 0.3) is 6.08 Å². The van der Waals surface area contributed by atoms with Crippen molar-refractivity contribution >= 4 is 45.4 Å². The van der Waals surface area contributed by atoms with Crippen molar-refractivity contribution in [1.82, 2.24) is 4.90 Å². The first-order valence-corrected chi connectivity index (χ1v) is 14.6. The molecule has 1 amide bonds. The summed E-state index contributed by atoms with van der Waals surface area (Å²) < 4.78 is 6.79. The lowest BCUT2D eigenvalue weighted by Crippen LogP contribution is -2.48. The van der Waals surface area contributed by atoms with Gasteiger partial charge in [-0.1, -0.05) is 74.0 Å². The van der Waals surface area contributed by atoms with Crippen molar-refractivity contribution in [3.63, 3.8) is 0 Å². The number of nitrogens with zero attached hydrogens (tertiary/aromatic N) is 2. The number of amides is 1. The van der Waals surface area contributed by atoms with E-state index in [1.807, 2.05) is 72.8 Å². The van der Waals surface area contributed by atoms with Gasteiger partial charge in [-0.05, 0) is 76.7 Å². The van der Waals surface area contributed by atoms with E-state index in [1.165, 1.54) is 6.42 Å². The topological polar surface area (TPSA) is 65.4 Å². The van der Waals surface area contributed by atoms with Gasteiger partial charge >= 0.3 is 0 Å². The molecule has 1 aliphatic heterocycles. The predicted octanol–water partition coefficient (Wildman–Crippen LogP) is 7.79. The van der Waals surface area contributed by atoms with Gasteiger partial charge in [0.1, 0.15) is 12.4 Å². The van der Waals surface area contributed by atoms with Gasteiger partial charge in [-0.15, -0.1) is 0 Å². The van der Waals surface area contributed by atoms with Crippen LogP contribution in [0.15, 0.2) is 82.2 Å². The van der Waals surface area contributed by atoms with Crippen molar-refractivity contribution in [2.45, 2.75) is 50.8 Å². The minimum atomic E-state index is -0.145. The first kappa shape index (κ1) is 26.4. The van der Waals surface area contributed by atoms with Gasteiger partial charge in [0.2, 0.25) is 0 Å². The summed E-state index contributed by atoms with van der Waals surface area (Å²) in [5, 5.41) is 12.9. The van der Waals surface area contributed by atoms with Crippen LogP contribution in [0.2, 0.25) is 0 Å². The zero-order valence-corrected chi connectivity index (χ0v) is 23.7. The maximum Gasteiger partial charge on any atom is 0.262 e. The fourth-order valence-electron chi connectivity index (χ4n) is 5.15. The minimum Gasteiger partial charge on any atom is -0.488 e. The molecule has 1 saturated heterocycles. The predicted molar refractivity (Wildman–Crippen MR) is 157 cm³/mol. The summed E-state index contributed by atoms with van der Waals surface area (Å²) in [5.41, 5.74) is 3.24. The van der Waals surface area contributed by atoms with Crippen LogP contribution in [0.5, 0.6) is 5.75 Å². The third-order valence-corrected chi connectivity index (χ3v) is 8.93. The van der Waals surface area contributed by atoms with Gasteiger partial charge in [-0.3, -0.25) is 4.79 Å². The van der Waals surface area contributed by atoms with Gasteiger partial charge in [-0.2, -0.15) is 5.26 Å². The summed E-state index contributed by atoms with van der Waals surface area (Å²) in [4.78, 5) is 16.6. The largest absolute Gasteiger partial charge is 0.488 e. The second-order valence-electron chi connectivity index (χ2n) is 9.78. The van der Waals surface area contributed by atoms with Crippen LogP contribution in [0, 0.1) is 17.2 Å². The fraction of sp³-hybridized carbons (Fsp3) is 0.290. The third kappa shape index (κ3) is 5.92. The number of nitrogens with one attached hydrogen (secondary N) is 1. The van der Waals surface area contributed by atoms with Crippen LogP contribution >= 0.6 is 27.7 Å². The summed E-state index contributed by atoms with van der Waals surface area (Å²) in [6.07, 6.45) is 6.56. The Hall–Kier alpha value is -3.21. The van der Waals surface area contributed by atoms with Gasteiger partial charge in [0.05, 0.1) is 21.0 Å². The lowest BCUT2D eigenvalue weighted by molar-refractivity contribution is -0.129. The summed E-state index contributed by atoms with van der Waals surface area (Å²) in [7, 11) is 0. The quantitative estimate of drug-likeness (QED) is 0.286. The monoisotopic (exact) mass is 587 g/mol. The number of anilines is 1. The number of ether oxygens (including phenoxy) is 1. The molecule has 5 rings (SSSR count). The molecule has 5 nitrogen and oxygen atoms in total. The highest BCUT2D eigenvalue weighted by Gasteiger charge is 2.42. The first-order chi connectivity index (χ1) is 18.5. The summed E-state index contributed by atoms with van der Waals surface area (Å²) >= 11 is 5.21. The Morgan fingerprint density at radius 3 is 2.63 bits per heavy atom. The Balaban J connectivity index is 1.35. The number of nitriles is 1. The van der Waals surface area contributed by atoms with Crippen LogP contribution in [0.3, 0.4) is 0 Å². The van der Waals surface area contributed by atoms with Gasteiger partial charge in [0.15, 0.2) is 5.50 Å². The normalized spacial score (nSPS) is 22.3. The number of carbonyl (C=O) groups excluding carboxylic acids is 1. The average Bonchev–Trinajstić information content (AvgIpc) is 3.23. The SMILES string of the molecule is C[C@@H]1CCCC[C@H]1N1C(=O)/C(=C/c2ccc(OCc3ccccc3C#N)c(Br)c2)SC1Nc1ccccc1. The number of hydrogen-bond donors (Lipinski definition) is 1. The third-order valence-electron chi connectivity index (χ3n) is 7.20. The molecule has 1 heterocycles. The second-order valence-corrected chi connectivity index (χ2v) is 11.8. The van der Waals surface area contributed by atoms with Crippen molar-refractivity contribution in [3.05, 3.63) is 98.9 Å². The Morgan fingerprint density at radius 1 is 1.11 bits per heavy atom. The standard InChI is InChI=1S/C31H30BrN3O2S/c1-21-9-5-8-14-27(21)35-30(36)29(38-31(35)34-25-12-3-2-4-13-25)18-22-15-16-28(26(32)17-22)37-20-24-11-7-6-10-23(24)19-33/h2-4,6-7,10-13,15-18,21,27,31,34H,5,8-9,14,20H2,1H3/b29-18-/t21-,27-,31?/m1/s1. The summed E-state index contributed by atoms with van der Waals surface area (Å²) in [6.45, 7) is 2.58. The fourth-order valence-corrected chi connectivity index (χ4v) is 6.88. The zero-order valence-electron chi connectivity index (χ0n) is 21.3. The van der Waals surface area contributed by atoms with Crippen molar-refractivity contribution in [3.8, 4) is 11.8 Å². The van der Waals surface area contributed by atoms with Crippen molar-refractivity contribution < 1.29 is 9.53 Å². The van der Waals surface area contributed by atoms with Crippen LogP contribution in [0.4, 0.5) is 5.69 Å². The number of para-hydroxylation sites is 1. The van der Waals surface area contributed by atoms with Crippen LogP contribution < -0.4 is 10.1 Å². The zero-order chi connectivity index (χ0) is 26.5. The van der Waals surface area contributed by atoms with E-state index in [0.29, 0.717) is 23.8 Å². The van der Waals surface area contributed by atoms with E-state index in [0.717, 1.165) is 45.5 Å². The maximum atomic E-state index is 13.8. The number of thioether (sulfide) groups is 1. The molecule has 2 fully saturated rings. The lowest BCUT2D eigenvalue weighted by atomic mass is 9.85. The summed E-state index contributed by atoms with van der Waals surface area (Å²) in [5.74, 6) is 1.25. The molecule has 38 heavy (non-hydrogen) atoms. The Kier molecular flexibility index (Phi) is 8.41. The van der Waals surface area contributed by atoms with Crippen molar-refractivity contribution in [1.29, 1.82) is 5.26 Å². The number of benzene rings is 3. The number of hydrogen-bond acceptors (Lipinski definition) is 5. The van der Waals surface area contributed by atoms with E-state index < -0.39 is 0 Å². The van der Waals surface area contributed by atoms with Gasteiger partial charge in [0, 0.05) is 17.3 Å². The van der Waals surface area contributed by atoms with Crippen LogP contribution in [0.1, 0.15) is 49.3 Å². The first-order valence-electron chi connectivity index (χ1n) is 13.0. The molecule has 194 valence electrons. The Bertz CT molecular complexity index is 1370. The van der Waals surface area contributed by atoms with Gasteiger partial charge < -0.3 is 15.0 Å². The Morgan fingerprint density at radius 2 is 1.87 bits per heavy atom. The molecule has 2 aliphatic rings. The molecule has 1 aliphatic carbocycles. The lowest BCUT2D eigenvalue weighted by Gasteiger charge is -2.39. The van der Waals surface area contributed by atoms with Crippen molar-refractivity contribution in [2.75, 3.05) is 5.32 Å². The van der Waals surface area contributed by atoms with E-state index in [4.69, 9.17) is 4.74 Å². The molecule has 1 saturated carbocycles. The molecular formula is C31H30BrN3O2S. The highest BCUT2D eigenvalue weighted by molar-refractivity contribution is 9.10. The molecule has 3 atom stereocenters. The minimum absolute atomic E-state index is 0.0896. The van der Waals surface area contributed by atoms with Crippen LogP contribution in [-0.4, -0.2) is 22.3 Å². The molecule has 7 heteroatoms. The van der Waals surface area contributed by atoms with E-state index in [9.17, 15) is 10.1 Å². The van der Waals surface area contributed by atoms with Gasteiger partial charge in [-0.25, -0.2) is 0 Å². The molecule has 0 bridgehead atoms. The highest BCUT2D eigenvalue weighted by Crippen LogP contribution is 2.42.